The van der Waals surface area contributed by atoms with Crippen molar-refractivity contribution < 1.29 is 9.47 Å². The van der Waals surface area contributed by atoms with E-state index in [4.69, 9.17) is 9.47 Å². The zero-order valence-electron chi connectivity index (χ0n) is 11.9. The van der Waals surface area contributed by atoms with Gasteiger partial charge >= 0.3 is 0 Å². The van der Waals surface area contributed by atoms with Crippen molar-refractivity contribution in [3.05, 3.63) is 23.8 Å². The van der Waals surface area contributed by atoms with Crippen molar-refractivity contribution >= 4 is 0 Å². The minimum atomic E-state index is 0.294. The summed E-state index contributed by atoms with van der Waals surface area (Å²) in [5.74, 6) is 1.81. The number of hydrogen-bond acceptors (Lipinski definition) is 3. The van der Waals surface area contributed by atoms with Gasteiger partial charge in [0.05, 0.1) is 0 Å². The lowest BCUT2D eigenvalue weighted by molar-refractivity contribution is 0.173. The van der Waals surface area contributed by atoms with E-state index < -0.39 is 0 Å². The topological polar surface area (TPSA) is 21.7 Å². The van der Waals surface area contributed by atoms with Crippen LogP contribution < -0.4 is 9.47 Å². The van der Waals surface area contributed by atoms with Gasteiger partial charge in [-0.1, -0.05) is 25.3 Å². The normalized spacial score (nSPS) is 20.8. The monoisotopic (exact) mass is 261 g/mol. The molecule has 19 heavy (non-hydrogen) atoms. The Kier molecular flexibility index (Phi) is 3.40. The van der Waals surface area contributed by atoms with Crippen molar-refractivity contribution in [1.29, 1.82) is 0 Å². The van der Waals surface area contributed by atoms with Crippen LogP contribution >= 0.6 is 0 Å². The maximum Gasteiger partial charge on any atom is 0.231 e. The average Bonchev–Trinajstić information content (AvgIpc) is 2.86. The molecule has 3 heteroatoms. The van der Waals surface area contributed by atoms with Gasteiger partial charge in [-0.2, -0.15) is 0 Å². The van der Waals surface area contributed by atoms with Gasteiger partial charge in [0.1, 0.15) is 0 Å². The first-order valence-electron chi connectivity index (χ1n) is 7.24. The Hall–Kier alpha value is -1.22. The second-order valence-electron chi connectivity index (χ2n) is 6.15. The SMILES string of the molecule is CN(C)CC1(c2ccc3c(c2)OCO3)CCCCC1. The van der Waals surface area contributed by atoms with Crippen LogP contribution in [0.25, 0.3) is 0 Å². The van der Waals surface area contributed by atoms with E-state index in [-0.39, 0.29) is 0 Å². The summed E-state index contributed by atoms with van der Waals surface area (Å²) < 4.78 is 11.0. The molecule has 0 amide bonds. The summed E-state index contributed by atoms with van der Waals surface area (Å²) in [7, 11) is 4.34. The maximum atomic E-state index is 5.54. The van der Waals surface area contributed by atoms with Gasteiger partial charge in [0.15, 0.2) is 11.5 Å². The van der Waals surface area contributed by atoms with Crippen LogP contribution in [0.5, 0.6) is 11.5 Å². The molecule has 0 atom stereocenters. The molecule has 1 fully saturated rings. The third-order valence-electron chi connectivity index (χ3n) is 4.41. The van der Waals surface area contributed by atoms with Crippen LogP contribution in [0.3, 0.4) is 0 Å². The van der Waals surface area contributed by atoms with E-state index in [1.165, 1.54) is 37.7 Å². The molecule has 1 aliphatic carbocycles. The molecule has 3 rings (SSSR count). The summed E-state index contributed by atoms with van der Waals surface area (Å²) in [6.45, 7) is 1.48. The van der Waals surface area contributed by atoms with Crippen molar-refractivity contribution in [3.8, 4) is 11.5 Å². The van der Waals surface area contributed by atoms with Gasteiger partial charge in [0, 0.05) is 12.0 Å². The fraction of sp³-hybridized carbons (Fsp3) is 0.625. The molecular weight excluding hydrogens is 238 g/mol. The predicted octanol–water partition coefficient (Wildman–Crippen LogP) is 3.18. The predicted molar refractivity (Wildman–Crippen MR) is 75.9 cm³/mol. The molecule has 0 saturated heterocycles. The van der Waals surface area contributed by atoms with Crippen LogP contribution in [0, 0.1) is 0 Å². The summed E-state index contributed by atoms with van der Waals surface area (Å²) in [5, 5.41) is 0. The average molecular weight is 261 g/mol. The van der Waals surface area contributed by atoms with Crippen molar-refractivity contribution in [3.63, 3.8) is 0 Å². The van der Waals surface area contributed by atoms with Gasteiger partial charge in [-0.25, -0.2) is 0 Å². The first-order chi connectivity index (χ1) is 9.20. The molecule has 0 aromatic heterocycles. The second-order valence-corrected chi connectivity index (χ2v) is 6.15. The minimum absolute atomic E-state index is 0.294. The molecule has 0 spiro atoms. The highest BCUT2D eigenvalue weighted by Gasteiger charge is 2.35. The first kappa shape index (κ1) is 12.8. The highest BCUT2D eigenvalue weighted by atomic mass is 16.7. The van der Waals surface area contributed by atoms with Gasteiger partial charge in [-0.15, -0.1) is 0 Å². The fourth-order valence-corrected chi connectivity index (χ4v) is 3.60. The Morgan fingerprint density at radius 2 is 1.79 bits per heavy atom. The van der Waals surface area contributed by atoms with E-state index in [9.17, 15) is 0 Å². The number of hydrogen-bond donors (Lipinski definition) is 0. The van der Waals surface area contributed by atoms with E-state index in [0.29, 0.717) is 12.2 Å². The van der Waals surface area contributed by atoms with Crippen molar-refractivity contribution in [1.82, 2.24) is 4.90 Å². The molecule has 2 aliphatic rings. The van der Waals surface area contributed by atoms with E-state index in [1.54, 1.807) is 0 Å². The number of fused-ring (bicyclic) bond motifs is 1. The number of rotatable bonds is 3. The zero-order chi connectivity index (χ0) is 13.3. The smallest absolute Gasteiger partial charge is 0.231 e. The number of benzene rings is 1. The Morgan fingerprint density at radius 3 is 2.53 bits per heavy atom. The summed E-state index contributed by atoms with van der Waals surface area (Å²) in [4.78, 5) is 2.32. The van der Waals surface area contributed by atoms with Crippen LogP contribution in [0.4, 0.5) is 0 Å². The van der Waals surface area contributed by atoms with Crippen molar-refractivity contribution in [2.24, 2.45) is 0 Å². The lowest BCUT2D eigenvalue weighted by Crippen LogP contribution is -2.39. The number of nitrogens with zero attached hydrogens (tertiary/aromatic N) is 1. The highest BCUT2D eigenvalue weighted by molar-refractivity contribution is 5.47. The van der Waals surface area contributed by atoms with Crippen molar-refractivity contribution in [2.45, 2.75) is 37.5 Å². The molecular formula is C16H23NO2. The van der Waals surface area contributed by atoms with Crippen LogP contribution in [-0.2, 0) is 5.41 Å². The molecule has 0 unspecified atom stereocenters. The third-order valence-corrected chi connectivity index (χ3v) is 4.41. The molecule has 1 aliphatic heterocycles. The Bertz CT molecular complexity index is 450. The minimum Gasteiger partial charge on any atom is -0.454 e. The molecule has 1 saturated carbocycles. The molecule has 0 bridgehead atoms. The lowest BCUT2D eigenvalue weighted by atomic mass is 9.69. The summed E-state index contributed by atoms with van der Waals surface area (Å²) in [5.41, 5.74) is 1.72. The Labute approximate surface area is 115 Å². The van der Waals surface area contributed by atoms with Gasteiger partial charge < -0.3 is 14.4 Å². The molecule has 0 N–H and O–H groups in total. The Balaban J connectivity index is 1.94. The van der Waals surface area contributed by atoms with Gasteiger partial charge in [-0.05, 0) is 44.6 Å². The summed E-state index contributed by atoms with van der Waals surface area (Å²) in [6.07, 6.45) is 6.61. The largest absolute Gasteiger partial charge is 0.454 e. The van der Waals surface area contributed by atoms with Gasteiger partial charge in [0.2, 0.25) is 6.79 Å². The second kappa shape index (κ2) is 5.04. The quantitative estimate of drug-likeness (QED) is 0.834. The van der Waals surface area contributed by atoms with Crippen LogP contribution in [-0.4, -0.2) is 32.3 Å². The first-order valence-corrected chi connectivity index (χ1v) is 7.24. The molecule has 0 radical (unpaired) electrons. The van der Waals surface area contributed by atoms with Crippen LogP contribution in [0.1, 0.15) is 37.7 Å². The number of likely N-dealkylation sites (N-methyl/N-ethyl adjacent to an activating group) is 1. The van der Waals surface area contributed by atoms with E-state index in [1.807, 2.05) is 0 Å². The summed E-state index contributed by atoms with van der Waals surface area (Å²) in [6, 6.07) is 6.52. The molecule has 1 heterocycles. The van der Waals surface area contributed by atoms with E-state index >= 15 is 0 Å². The van der Waals surface area contributed by atoms with Gasteiger partial charge in [-0.3, -0.25) is 0 Å². The Morgan fingerprint density at radius 1 is 1.05 bits per heavy atom. The lowest BCUT2D eigenvalue weighted by Gasteiger charge is -2.40. The highest BCUT2D eigenvalue weighted by Crippen LogP contribution is 2.43. The van der Waals surface area contributed by atoms with Crippen molar-refractivity contribution in [2.75, 3.05) is 27.4 Å². The molecule has 1 aromatic carbocycles. The number of ether oxygens (including phenoxy) is 2. The molecule has 104 valence electrons. The zero-order valence-corrected chi connectivity index (χ0v) is 11.9. The van der Waals surface area contributed by atoms with Crippen LogP contribution in [0.2, 0.25) is 0 Å². The third kappa shape index (κ3) is 2.44. The summed E-state index contributed by atoms with van der Waals surface area (Å²) >= 11 is 0. The van der Waals surface area contributed by atoms with Crippen LogP contribution in [0.15, 0.2) is 18.2 Å². The van der Waals surface area contributed by atoms with E-state index in [2.05, 4.69) is 37.2 Å². The standard InChI is InChI=1S/C16H23NO2/c1-17(2)11-16(8-4-3-5-9-16)13-6-7-14-15(10-13)19-12-18-14/h6-7,10H,3-5,8-9,11-12H2,1-2H3. The van der Waals surface area contributed by atoms with Gasteiger partial charge in [0.25, 0.3) is 0 Å². The fourth-order valence-electron chi connectivity index (χ4n) is 3.60. The maximum absolute atomic E-state index is 5.54. The van der Waals surface area contributed by atoms with E-state index in [0.717, 1.165) is 18.0 Å². The molecule has 3 nitrogen and oxygen atoms in total. The molecule has 1 aromatic rings.